The van der Waals surface area contributed by atoms with E-state index < -0.39 is 6.10 Å². The maximum atomic E-state index is 10.7. The fourth-order valence-electron chi connectivity index (χ4n) is 2.32. The normalized spacial score (nSPS) is 13.1. The summed E-state index contributed by atoms with van der Waals surface area (Å²) in [5, 5.41) is 14.8. The Morgan fingerprint density at radius 2 is 1.91 bits per heavy atom. The number of benzene rings is 1. The SMILES string of the molecule is CNC[C@H](c1ccc(Cl)c(Cl)c1)[C@H](O)c1cncc(OC)c1.Cl. The molecule has 0 aliphatic carbocycles. The molecule has 0 aliphatic rings. The van der Waals surface area contributed by atoms with Gasteiger partial charge in [-0.25, -0.2) is 0 Å². The lowest BCUT2D eigenvalue weighted by Gasteiger charge is -2.24. The van der Waals surface area contributed by atoms with Gasteiger partial charge in [0.25, 0.3) is 0 Å². The van der Waals surface area contributed by atoms with Gasteiger partial charge in [0.15, 0.2) is 0 Å². The number of nitrogens with one attached hydrogen (secondary N) is 1. The molecule has 2 N–H and O–H groups in total. The molecule has 126 valence electrons. The van der Waals surface area contributed by atoms with Crippen LogP contribution in [0.3, 0.4) is 0 Å². The van der Waals surface area contributed by atoms with Crippen LogP contribution in [0.1, 0.15) is 23.1 Å². The number of hydrogen-bond acceptors (Lipinski definition) is 4. The van der Waals surface area contributed by atoms with Gasteiger partial charge in [-0.15, -0.1) is 12.4 Å². The van der Waals surface area contributed by atoms with Gasteiger partial charge in [-0.3, -0.25) is 4.98 Å². The van der Waals surface area contributed by atoms with E-state index in [-0.39, 0.29) is 18.3 Å². The van der Waals surface area contributed by atoms with Crippen LogP contribution in [0.4, 0.5) is 0 Å². The Labute approximate surface area is 152 Å². The van der Waals surface area contributed by atoms with Gasteiger partial charge >= 0.3 is 0 Å². The first kappa shape index (κ1) is 20.0. The van der Waals surface area contributed by atoms with Gasteiger partial charge in [0.2, 0.25) is 0 Å². The highest BCUT2D eigenvalue weighted by Crippen LogP contribution is 2.34. The molecular formula is C16H19Cl3N2O2. The van der Waals surface area contributed by atoms with Crippen LogP contribution in [-0.4, -0.2) is 30.8 Å². The number of aromatic nitrogens is 1. The van der Waals surface area contributed by atoms with Crippen molar-refractivity contribution in [3.8, 4) is 5.75 Å². The van der Waals surface area contributed by atoms with E-state index >= 15 is 0 Å². The first-order chi connectivity index (χ1) is 10.6. The van der Waals surface area contributed by atoms with Gasteiger partial charge in [-0.2, -0.15) is 0 Å². The van der Waals surface area contributed by atoms with Crippen molar-refractivity contribution in [1.29, 1.82) is 0 Å². The Kier molecular flexibility index (Phi) is 8.09. The average Bonchev–Trinajstić information content (AvgIpc) is 2.54. The number of likely N-dealkylation sites (N-methyl/N-ethyl adjacent to an activating group) is 1. The predicted molar refractivity (Wildman–Crippen MR) is 96.1 cm³/mol. The summed E-state index contributed by atoms with van der Waals surface area (Å²) in [4.78, 5) is 4.09. The van der Waals surface area contributed by atoms with Gasteiger partial charge in [-0.05, 0) is 30.8 Å². The summed E-state index contributed by atoms with van der Waals surface area (Å²) in [7, 11) is 3.40. The summed E-state index contributed by atoms with van der Waals surface area (Å²) in [6.07, 6.45) is 2.49. The monoisotopic (exact) mass is 376 g/mol. The van der Waals surface area contributed by atoms with E-state index in [9.17, 15) is 5.11 Å². The van der Waals surface area contributed by atoms with Crippen LogP contribution >= 0.6 is 35.6 Å². The molecule has 0 fully saturated rings. The first-order valence-electron chi connectivity index (χ1n) is 6.83. The third-order valence-electron chi connectivity index (χ3n) is 3.49. The predicted octanol–water partition coefficient (Wildman–Crippen LogP) is 3.86. The summed E-state index contributed by atoms with van der Waals surface area (Å²) < 4.78 is 5.16. The fraction of sp³-hybridized carbons (Fsp3) is 0.312. The standard InChI is InChI=1S/C16H18Cl2N2O2.ClH/c1-19-9-13(10-3-4-14(17)15(18)6-10)16(21)11-5-12(22-2)8-20-7-11;/h3-8,13,16,19,21H,9H2,1-2H3;1H/t13-,16-;/m1./s1. The second-order valence-electron chi connectivity index (χ2n) is 4.94. The van der Waals surface area contributed by atoms with Crippen LogP contribution in [0.5, 0.6) is 5.75 Å². The number of ether oxygens (including phenoxy) is 1. The fourth-order valence-corrected chi connectivity index (χ4v) is 2.62. The van der Waals surface area contributed by atoms with Gasteiger partial charge < -0.3 is 15.2 Å². The molecule has 1 heterocycles. The molecule has 0 amide bonds. The zero-order chi connectivity index (χ0) is 16.1. The Hall–Kier alpha value is -1.04. The lowest BCUT2D eigenvalue weighted by Crippen LogP contribution is -2.23. The van der Waals surface area contributed by atoms with Crippen LogP contribution in [-0.2, 0) is 0 Å². The summed E-state index contributed by atoms with van der Waals surface area (Å²) in [5.74, 6) is 0.419. The highest BCUT2D eigenvalue weighted by Gasteiger charge is 2.23. The minimum Gasteiger partial charge on any atom is -0.495 e. The molecule has 2 atom stereocenters. The van der Waals surface area contributed by atoms with Gasteiger partial charge in [0.1, 0.15) is 5.75 Å². The third-order valence-corrected chi connectivity index (χ3v) is 4.23. The molecule has 23 heavy (non-hydrogen) atoms. The van der Waals surface area contributed by atoms with Crippen molar-refractivity contribution < 1.29 is 9.84 Å². The zero-order valence-electron chi connectivity index (χ0n) is 12.8. The van der Waals surface area contributed by atoms with Crippen LogP contribution in [0.2, 0.25) is 10.0 Å². The minimum absolute atomic E-state index is 0. The second kappa shape index (κ2) is 9.30. The molecule has 2 aromatic rings. The molecular weight excluding hydrogens is 359 g/mol. The number of methoxy groups -OCH3 is 1. The number of rotatable bonds is 6. The van der Waals surface area contributed by atoms with E-state index in [4.69, 9.17) is 27.9 Å². The van der Waals surface area contributed by atoms with E-state index in [1.165, 1.54) is 0 Å². The third kappa shape index (κ3) is 4.96. The molecule has 0 aliphatic heterocycles. The maximum Gasteiger partial charge on any atom is 0.137 e. The van der Waals surface area contributed by atoms with E-state index in [1.807, 2.05) is 13.1 Å². The molecule has 0 saturated carbocycles. The topological polar surface area (TPSA) is 54.4 Å². The van der Waals surface area contributed by atoms with Crippen molar-refractivity contribution in [2.45, 2.75) is 12.0 Å². The van der Waals surface area contributed by atoms with Gasteiger partial charge in [-0.1, -0.05) is 29.3 Å². The number of aliphatic hydroxyl groups is 1. The molecule has 1 aromatic heterocycles. The molecule has 4 nitrogen and oxygen atoms in total. The van der Waals surface area contributed by atoms with Gasteiger partial charge in [0, 0.05) is 24.2 Å². The van der Waals surface area contributed by atoms with Crippen molar-refractivity contribution in [2.24, 2.45) is 0 Å². The average molecular weight is 378 g/mol. The van der Waals surface area contributed by atoms with E-state index in [1.54, 1.807) is 37.7 Å². The number of nitrogens with zero attached hydrogens (tertiary/aromatic N) is 1. The van der Waals surface area contributed by atoms with Crippen molar-refractivity contribution in [1.82, 2.24) is 10.3 Å². The Bertz CT molecular complexity index is 640. The molecule has 1 aromatic carbocycles. The lowest BCUT2D eigenvalue weighted by atomic mass is 9.89. The molecule has 7 heteroatoms. The van der Waals surface area contributed by atoms with Crippen LogP contribution in [0, 0.1) is 0 Å². The molecule has 0 spiro atoms. The highest BCUT2D eigenvalue weighted by atomic mass is 35.5. The van der Waals surface area contributed by atoms with Crippen molar-refractivity contribution in [3.63, 3.8) is 0 Å². The van der Waals surface area contributed by atoms with Crippen LogP contribution in [0.25, 0.3) is 0 Å². The Morgan fingerprint density at radius 3 is 2.52 bits per heavy atom. The van der Waals surface area contributed by atoms with E-state index in [0.29, 0.717) is 27.9 Å². The minimum atomic E-state index is -0.743. The number of pyridine rings is 1. The van der Waals surface area contributed by atoms with Crippen molar-refractivity contribution >= 4 is 35.6 Å². The van der Waals surface area contributed by atoms with E-state index in [2.05, 4.69) is 10.3 Å². The Balaban J connectivity index is 0.00000264. The summed E-state index contributed by atoms with van der Waals surface area (Å²) in [6, 6.07) is 7.16. The summed E-state index contributed by atoms with van der Waals surface area (Å²) in [5.41, 5.74) is 1.59. The highest BCUT2D eigenvalue weighted by molar-refractivity contribution is 6.42. The molecule has 0 radical (unpaired) electrons. The van der Waals surface area contributed by atoms with Crippen molar-refractivity contribution in [3.05, 3.63) is 57.8 Å². The Morgan fingerprint density at radius 1 is 1.17 bits per heavy atom. The summed E-state index contributed by atoms with van der Waals surface area (Å²) >= 11 is 12.1. The summed E-state index contributed by atoms with van der Waals surface area (Å²) in [6.45, 7) is 0.580. The largest absolute Gasteiger partial charge is 0.495 e. The van der Waals surface area contributed by atoms with E-state index in [0.717, 1.165) is 5.56 Å². The quantitative estimate of drug-likeness (QED) is 0.803. The molecule has 2 rings (SSSR count). The number of aliphatic hydroxyl groups excluding tert-OH is 1. The van der Waals surface area contributed by atoms with Crippen LogP contribution in [0.15, 0.2) is 36.7 Å². The van der Waals surface area contributed by atoms with Gasteiger partial charge in [0.05, 0.1) is 29.5 Å². The number of halogens is 3. The van der Waals surface area contributed by atoms with Crippen LogP contribution < -0.4 is 10.1 Å². The first-order valence-corrected chi connectivity index (χ1v) is 7.59. The number of hydrogen-bond donors (Lipinski definition) is 2. The molecule has 0 saturated heterocycles. The maximum absolute atomic E-state index is 10.7. The smallest absolute Gasteiger partial charge is 0.137 e. The zero-order valence-corrected chi connectivity index (χ0v) is 15.1. The van der Waals surface area contributed by atoms with Crippen molar-refractivity contribution in [2.75, 3.05) is 20.7 Å². The second-order valence-corrected chi connectivity index (χ2v) is 5.76. The lowest BCUT2D eigenvalue weighted by molar-refractivity contribution is 0.143. The molecule has 0 unspecified atom stereocenters. The molecule has 0 bridgehead atoms.